The van der Waals surface area contributed by atoms with Crippen molar-refractivity contribution in [2.45, 2.75) is 31.8 Å². The van der Waals surface area contributed by atoms with Crippen molar-refractivity contribution in [3.8, 4) is 6.07 Å². The fourth-order valence-corrected chi connectivity index (χ4v) is 3.81. The topological polar surface area (TPSA) is 33.5 Å². The third kappa shape index (κ3) is 4.32. The van der Waals surface area contributed by atoms with Crippen LogP contribution in [0.5, 0.6) is 0 Å². The van der Waals surface area contributed by atoms with Crippen LogP contribution in [0, 0.1) is 11.3 Å². The van der Waals surface area contributed by atoms with Gasteiger partial charge in [-0.15, -0.1) is 0 Å². The number of piperazine rings is 1. The van der Waals surface area contributed by atoms with E-state index in [1.807, 2.05) is 18.2 Å². The molecule has 0 N–H and O–H groups in total. The number of rotatable bonds is 4. The van der Waals surface area contributed by atoms with Crippen molar-refractivity contribution < 1.29 is 0 Å². The molecule has 0 aliphatic carbocycles. The number of hydrogen-bond acceptors (Lipinski definition) is 4. The molecule has 2 aliphatic rings. The Kier molecular flexibility index (Phi) is 5.66. The van der Waals surface area contributed by atoms with Crippen molar-refractivity contribution in [3.63, 3.8) is 0 Å². The summed E-state index contributed by atoms with van der Waals surface area (Å²) < 4.78 is 0. The van der Waals surface area contributed by atoms with Gasteiger partial charge in [-0.3, -0.25) is 9.80 Å². The van der Waals surface area contributed by atoms with Crippen molar-refractivity contribution in [2.24, 2.45) is 0 Å². The van der Waals surface area contributed by atoms with Crippen molar-refractivity contribution >= 4 is 0 Å². The van der Waals surface area contributed by atoms with Gasteiger partial charge < -0.3 is 4.90 Å². The quantitative estimate of drug-likeness (QED) is 0.853. The molecule has 124 valence electrons. The number of nitrogens with zero attached hydrogens (tertiary/aromatic N) is 4. The number of likely N-dealkylation sites (N-methyl/N-ethyl adjacent to an activating group) is 1. The highest BCUT2D eigenvalue weighted by Gasteiger charge is 2.24. The lowest BCUT2D eigenvalue weighted by Crippen LogP contribution is -2.51. The first-order chi connectivity index (χ1) is 11.3. The molecule has 3 rings (SSSR count). The summed E-state index contributed by atoms with van der Waals surface area (Å²) in [7, 11) is 2.28. The molecule has 0 saturated carbocycles. The predicted octanol–water partition coefficient (Wildman–Crippen LogP) is 2.16. The molecule has 1 aromatic carbocycles. The third-order valence-electron chi connectivity index (χ3n) is 5.39. The lowest BCUT2D eigenvalue weighted by Gasteiger charge is -2.40. The van der Waals surface area contributed by atoms with Gasteiger partial charge in [0.15, 0.2) is 0 Å². The van der Waals surface area contributed by atoms with Gasteiger partial charge in [-0.25, -0.2) is 0 Å². The first-order valence-electron chi connectivity index (χ1n) is 8.89. The van der Waals surface area contributed by atoms with E-state index in [1.54, 1.807) is 0 Å². The molecule has 23 heavy (non-hydrogen) atoms. The van der Waals surface area contributed by atoms with Crippen molar-refractivity contribution in [1.29, 1.82) is 5.26 Å². The predicted molar refractivity (Wildman–Crippen MR) is 93.1 cm³/mol. The molecule has 0 bridgehead atoms. The van der Waals surface area contributed by atoms with E-state index in [1.165, 1.54) is 32.4 Å². The van der Waals surface area contributed by atoms with Crippen LogP contribution in [0.3, 0.4) is 0 Å². The summed E-state index contributed by atoms with van der Waals surface area (Å²) in [5.41, 5.74) is 1.98. The summed E-state index contributed by atoms with van der Waals surface area (Å²) in [4.78, 5) is 7.65. The third-order valence-corrected chi connectivity index (χ3v) is 5.39. The highest BCUT2D eigenvalue weighted by Crippen LogP contribution is 2.18. The Balaban J connectivity index is 1.48. The first kappa shape index (κ1) is 16.4. The molecule has 0 radical (unpaired) electrons. The average molecular weight is 312 g/mol. The lowest BCUT2D eigenvalue weighted by atomic mass is 10.0. The van der Waals surface area contributed by atoms with Gasteiger partial charge in [0.1, 0.15) is 0 Å². The van der Waals surface area contributed by atoms with Crippen LogP contribution >= 0.6 is 0 Å². The molecule has 1 atom stereocenters. The van der Waals surface area contributed by atoms with Gasteiger partial charge in [0.25, 0.3) is 0 Å². The number of benzene rings is 1. The molecule has 1 aromatic rings. The van der Waals surface area contributed by atoms with Crippen LogP contribution in [0.4, 0.5) is 0 Å². The maximum atomic E-state index is 9.22. The van der Waals surface area contributed by atoms with Gasteiger partial charge in [-0.2, -0.15) is 5.26 Å². The van der Waals surface area contributed by atoms with Crippen LogP contribution in [-0.2, 0) is 6.54 Å². The number of hydrogen-bond donors (Lipinski definition) is 0. The van der Waals surface area contributed by atoms with E-state index in [4.69, 9.17) is 0 Å². The molecule has 2 fully saturated rings. The summed E-state index contributed by atoms with van der Waals surface area (Å²) in [6, 6.07) is 11.0. The van der Waals surface area contributed by atoms with Crippen molar-refractivity contribution in [2.75, 3.05) is 46.3 Å². The van der Waals surface area contributed by atoms with E-state index in [-0.39, 0.29) is 0 Å². The second kappa shape index (κ2) is 7.92. The molecule has 4 heteroatoms. The van der Waals surface area contributed by atoms with E-state index in [0.29, 0.717) is 0 Å². The van der Waals surface area contributed by atoms with Crippen LogP contribution in [-0.4, -0.2) is 67.1 Å². The number of likely N-dealkylation sites (tertiary alicyclic amines) is 1. The van der Waals surface area contributed by atoms with E-state index in [9.17, 15) is 5.26 Å². The second-order valence-corrected chi connectivity index (χ2v) is 6.98. The van der Waals surface area contributed by atoms with Crippen LogP contribution in [0.2, 0.25) is 0 Å². The highest BCUT2D eigenvalue weighted by molar-refractivity contribution is 5.37. The Bertz CT molecular complexity index is 543. The monoisotopic (exact) mass is 312 g/mol. The zero-order valence-electron chi connectivity index (χ0n) is 14.2. The fourth-order valence-electron chi connectivity index (χ4n) is 3.81. The van der Waals surface area contributed by atoms with E-state index in [0.717, 1.165) is 49.9 Å². The van der Waals surface area contributed by atoms with E-state index >= 15 is 0 Å². The minimum Gasteiger partial charge on any atom is -0.302 e. The van der Waals surface area contributed by atoms with Crippen molar-refractivity contribution in [1.82, 2.24) is 14.7 Å². The smallest absolute Gasteiger partial charge is 0.0995 e. The molecule has 2 saturated heterocycles. The van der Waals surface area contributed by atoms with Gasteiger partial charge >= 0.3 is 0 Å². The zero-order valence-corrected chi connectivity index (χ0v) is 14.2. The normalized spacial score (nSPS) is 24.4. The fraction of sp³-hybridized carbons (Fsp3) is 0.632. The van der Waals surface area contributed by atoms with Crippen molar-refractivity contribution in [3.05, 3.63) is 35.4 Å². The average Bonchev–Trinajstić information content (AvgIpc) is 2.59. The molecule has 2 heterocycles. The molecular weight excluding hydrogens is 284 g/mol. The molecule has 0 aromatic heterocycles. The highest BCUT2D eigenvalue weighted by atomic mass is 15.3. The Labute approximate surface area is 140 Å². The molecular formula is C19H28N4. The molecule has 2 aliphatic heterocycles. The van der Waals surface area contributed by atoms with Crippen LogP contribution in [0.1, 0.15) is 30.4 Å². The minimum absolute atomic E-state index is 0.745. The van der Waals surface area contributed by atoms with Gasteiger partial charge in [0.2, 0.25) is 0 Å². The van der Waals surface area contributed by atoms with Gasteiger partial charge in [0, 0.05) is 45.3 Å². The van der Waals surface area contributed by atoms with E-state index in [2.05, 4.69) is 33.9 Å². The summed E-state index contributed by atoms with van der Waals surface area (Å²) in [5.74, 6) is 0. The minimum atomic E-state index is 0.745. The Morgan fingerprint density at radius 3 is 2.52 bits per heavy atom. The maximum absolute atomic E-state index is 9.22. The summed E-state index contributed by atoms with van der Waals surface area (Å²) in [6.45, 7) is 7.90. The Morgan fingerprint density at radius 2 is 1.78 bits per heavy atom. The molecule has 4 nitrogen and oxygen atoms in total. The van der Waals surface area contributed by atoms with Crippen LogP contribution < -0.4 is 0 Å². The van der Waals surface area contributed by atoms with Crippen LogP contribution in [0.25, 0.3) is 0 Å². The molecule has 0 spiro atoms. The summed E-state index contributed by atoms with van der Waals surface area (Å²) >= 11 is 0. The van der Waals surface area contributed by atoms with E-state index < -0.39 is 0 Å². The number of piperidine rings is 1. The number of nitriles is 1. The molecule has 0 amide bonds. The molecule has 1 unspecified atom stereocenters. The van der Waals surface area contributed by atoms with Gasteiger partial charge in [-0.1, -0.05) is 24.6 Å². The Morgan fingerprint density at radius 1 is 1.04 bits per heavy atom. The zero-order chi connectivity index (χ0) is 16.1. The first-order valence-corrected chi connectivity index (χ1v) is 8.89. The standard InChI is InChI=1S/C19H28N4/c1-21-9-5-4-8-19(21)16-23-12-10-22(11-13-23)15-18-7-3-2-6-17(18)14-20/h2-3,6-7,19H,4-5,8-13,15-16H2,1H3. The Hall–Kier alpha value is -1.41. The van der Waals surface area contributed by atoms with Gasteiger partial charge in [0.05, 0.1) is 11.6 Å². The largest absolute Gasteiger partial charge is 0.302 e. The summed E-state index contributed by atoms with van der Waals surface area (Å²) in [6.07, 6.45) is 4.10. The second-order valence-electron chi connectivity index (χ2n) is 6.98. The maximum Gasteiger partial charge on any atom is 0.0995 e. The van der Waals surface area contributed by atoms with Crippen LogP contribution in [0.15, 0.2) is 24.3 Å². The summed E-state index contributed by atoms with van der Waals surface area (Å²) in [5, 5.41) is 9.22. The van der Waals surface area contributed by atoms with Gasteiger partial charge in [-0.05, 0) is 38.1 Å². The lowest BCUT2D eigenvalue weighted by molar-refractivity contribution is 0.0817. The SMILES string of the molecule is CN1CCCCC1CN1CCN(Cc2ccccc2C#N)CC1.